The average Bonchev–Trinajstić information content (AvgIpc) is 3.64. The highest BCUT2D eigenvalue weighted by atomic mass is 16.3. The highest BCUT2D eigenvalue weighted by Gasteiger charge is 2.35. The van der Waals surface area contributed by atoms with Gasteiger partial charge < -0.3 is 5.11 Å². The summed E-state index contributed by atoms with van der Waals surface area (Å²) in [5, 5.41) is 11.4. The second kappa shape index (κ2) is 14.4. The molecule has 0 saturated heterocycles. The third kappa shape index (κ3) is 7.06. The number of para-hydroxylation sites is 2. The van der Waals surface area contributed by atoms with Crippen molar-refractivity contribution in [3.05, 3.63) is 169 Å². The minimum absolute atomic E-state index is 0.0166. The maximum Gasteiger partial charge on any atom is 0.149 e. The third-order valence-electron chi connectivity index (χ3n) is 11.7. The van der Waals surface area contributed by atoms with E-state index >= 15 is 0 Å². The van der Waals surface area contributed by atoms with Crippen molar-refractivity contribution >= 4 is 11.0 Å². The molecule has 0 aliphatic rings. The van der Waals surface area contributed by atoms with E-state index in [1.54, 1.807) is 24.4 Å². The lowest BCUT2D eigenvalue weighted by molar-refractivity contribution is 0.225. The summed E-state index contributed by atoms with van der Waals surface area (Å²) in [4.78, 5) is 10.2. The Bertz CT molecular complexity index is 3000. The molecule has 0 spiro atoms. The molecule has 0 unspecified atom stereocenters. The van der Waals surface area contributed by atoms with Crippen LogP contribution in [-0.2, 0) is 10.8 Å². The normalized spacial score (nSPS) is 13.5. The lowest BCUT2D eigenvalue weighted by Gasteiger charge is -2.40. The quantitative estimate of drug-likeness (QED) is 0.176. The van der Waals surface area contributed by atoms with Crippen LogP contribution in [0, 0.1) is 5.41 Å². The average molecular weight is 751 g/mol. The topological polar surface area (TPSA) is 50.9 Å². The SMILES string of the molecule is [2H]c1c([2H])c([2H])c(-c2ccnc(-c3cc(-c4cccc5c4nc(-c4ccccc4O)n5-c4ccc(C(C)(C)C(C)(C)C)cc4-c4ccccc4)cc(C(C)(C)C)c3)c2)c([2H])c1[2H]. The van der Waals surface area contributed by atoms with Gasteiger partial charge in [-0.25, -0.2) is 4.98 Å². The molecule has 8 rings (SSSR count). The van der Waals surface area contributed by atoms with Gasteiger partial charge >= 0.3 is 0 Å². The zero-order valence-electron chi connectivity index (χ0n) is 38.9. The number of phenolic OH excluding ortho intramolecular Hbond substituents is 1. The largest absolute Gasteiger partial charge is 0.507 e. The Kier molecular flexibility index (Phi) is 8.03. The maximum absolute atomic E-state index is 11.4. The summed E-state index contributed by atoms with van der Waals surface area (Å²) in [7, 11) is 0. The Labute approximate surface area is 344 Å². The smallest absolute Gasteiger partial charge is 0.149 e. The minimum Gasteiger partial charge on any atom is -0.507 e. The molecule has 0 aliphatic carbocycles. The van der Waals surface area contributed by atoms with Gasteiger partial charge in [-0.15, -0.1) is 0 Å². The molecule has 0 bridgehead atoms. The van der Waals surface area contributed by atoms with Crippen LogP contribution in [0.15, 0.2) is 158 Å². The van der Waals surface area contributed by atoms with Crippen molar-refractivity contribution in [1.82, 2.24) is 14.5 Å². The van der Waals surface area contributed by atoms with Crippen molar-refractivity contribution in [3.8, 4) is 67.5 Å². The van der Waals surface area contributed by atoms with Crippen molar-refractivity contribution in [2.75, 3.05) is 0 Å². The summed E-state index contributed by atoms with van der Waals surface area (Å²) < 4.78 is 44.2. The van der Waals surface area contributed by atoms with E-state index in [0.717, 1.165) is 50.1 Å². The van der Waals surface area contributed by atoms with E-state index in [-0.39, 0.29) is 51.7 Å². The van der Waals surface area contributed by atoms with E-state index in [2.05, 4.69) is 133 Å². The van der Waals surface area contributed by atoms with Crippen molar-refractivity contribution in [3.63, 3.8) is 0 Å². The molecule has 0 aliphatic heterocycles. The maximum atomic E-state index is 11.4. The molecule has 4 nitrogen and oxygen atoms in total. The van der Waals surface area contributed by atoms with Gasteiger partial charge in [0.15, 0.2) is 0 Å². The highest BCUT2D eigenvalue weighted by molar-refractivity contribution is 5.97. The highest BCUT2D eigenvalue weighted by Crippen LogP contribution is 2.45. The Morgan fingerprint density at radius 2 is 1.26 bits per heavy atom. The number of fused-ring (bicyclic) bond motifs is 1. The number of aromatic hydroxyl groups is 1. The van der Waals surface area contributed by atoms with Crippen LogP contribution in [0.3, 0.4) is 0 Å². The molecule has 2 heterocycles. The molecule has 8 aromatic rings. The van der Waals surface area contributed by atoms with Crippen molar-refractivity contribution in [2.24, 2.45) is 5.41 Å². The van der Waals surface area contributed by atoms with Crippen LogP contribution < -0.4 is 0 Å². The third-order valence-corrected chi connectivity index (χ3v) is 11.7. The second-order valence-corrected chi connectivity index (χ2v) is 17.4. The Hall–Kier alpha value is -6.26. The van der Waals surface area contributed by atoms with E-state index in [4.69, 9.17) is 16.8 Å². The van der Waals surface area contributed by atoms with Gasteiger partial charge in [0.05, 0.1) is 34.8 Å². The molecular weight excluding hydrogens is 695 g/mol. The van der Waals surface area contributed by atoms with Gasteiger partial charge in [0.1, 0.15) is 11.6 Å². The van der Waals surface area contributed by atoms with Crippen LogP contribution in [0.1, 0.15) is 73.4 Å². The number of nitrogens with zero attached hydrogens (tertiary/aromatic N) is 3. The number of hydrogen-bond donors (Lipinski definition) is 1. The summed E-state index contributed by atoms with van der Waals surface area (Å²) in [6.45, 7) is 17.9. The van der Waals surface area contributed by atoms with E-state index in [1.165, 1.54) is 5.56 Å². The van der Waals surface area contributed by atoms with Gasteiger partial charge in [-0.1, -0.05) is 152 Å². The summed E-state index contributed by atoms with van der Waals surface area (Å²) in [5.41, 5.74) is 10.9. The molecule has 4 heteroatoms. The van der Waals surface area contributed by atoms with Gasteiger partial charge in [0.25, 0.3) is 0 Å². The lowest BCUT2D eigenvalue weighted by atomic mass is 9.65. The van der Waals surface area contributed by atoms with Crippen LogP contribution in [0.5, 0.6) is 5.75 Å². The van der Waals surface area contributed by atoms with Gasteiger partial charge in [-0.05, 0) is 104 Å². The standard InChI is InChI=1S/C53H51N3O/c1-51(2,3)41-31-38(30-39(32-41)45-33-37(28-29-54-45)35-18-11-9-12-19-35)42-23-17-24-47-49(42)55-50(43-22-15-16-25-48(43)57)56(47)46-27-26-40(53(7,8)52(4,5)6)34-44(46)36-20-13-10-14-21-36/h9-34,57H,1-8H3/i9D,11D,12D,18D,19D. The van der Waals surface area contributed by atoms with Gasteiger partial charge in [-0.3, -0.25) is 9.55 Å². The fourth-order valence-corrected chi connectivity index (χ4v) is 7.32. The molecule has 1 N–H and O–H groups in total. The number of pyridine rings is 1. The first-order valence-electron chi connectivity index (χ1n) is 22.0. The summed E-state index contributed by atoms with van der Waals surface area (Å²) >= 11 is 0. The van der Waals surface area contributed by atoms with Crippen LogP contribution in [0.4, 0.5) is 0 Å². The number of phenols is 1. The van der Waals surface area contributed by atoms with Crippen LogP contribution >= 0.6 is 0 Å². The Morgan fingerprint density at radius 1 is 0.561 bits per heavy atom. The zero-order chi connectivity index (χ0) is 44.5. The number of benzene rings is 6. The van der Waals surface area contributed by atoms with E-state index < -0.39 is 6.04 Å². The molecule has 0 radical (unpaired) electrons. The minimum atomic E-state index is -0.430. The number of aromatic nitrogens is 3. The zero-order valence-corrected chi connectivity index (χ0v) is 33.9. The molecule has 284 valence electrons. The number of rotatable bonds is 7. The molecule has 0 atom stereocenters. The first-order chi connectivity index (χ1) is 29.3. The summed E-state index contributed by atoms with van der Waals surface area (Å²) in [5.74, 6) is 0.727. The van der Waals surface area contributed by atoms with Gasteiger partial charge in [-0.2, -0.15) is 0 Å². The predicted molar refractivity (Wildman–Crippen MR) is 239 cm³/mol. The molecular formula is C53H51N3O. The molecule has 0 saturated carbocycles. The first-order valence-corrected chi connectivity index (χ1v) is 19.5. The fourth-order valence-electron chi connectivity index (χ4n) is 7.32. The van der Waals surface area contributed by atoms with Crippen molar-refractivity contribution in [1.29, 1.82) is 0 Å². The van der Waals surface area contributed by atoms with Crippen LogP contribution in [0.2, 0.25) is 0 Å². The second-order valence-electron chi connectivity index (χ2n) is 17.4. The van der Waals surface area contributed by atoms with E-state index in [1.807, 2.05) is 30.3 Å². The number of imidazole rings is 1. The van der Waals surface area contributed by atoms with Crippen LogP contribution in [-0.4, -0.2) is 19.6 Å². The van der Waals surface area contributed by atoms with Crippen molar-refractivity contribution < 1.29 is 12.0 Å². The van der Waals surface area contributed by atoms with E-state index in [0.29, 0.717) is 22.6 Å². The Morgan fingerprint density at radius 3 is 1.98 bits per heavy atom. The van der Waals surface area contributed by atoms with Crippen LogP contribution in [0.25, 0.3) is 72.7 Å². The Balaban J connectivity index is 1.39. The van der Waals surface area contributed by atoms with E-state index in [9.17, 15) is 5.11 Å². The number of hydrogen-bond acceptors (Lipinski definition) is 3. The molecule has 0 fully saturated rings. The van der Waals surface area contributed by atoms with Gasteiger partial charge in [0, 0.05) is 22.9 Å². The molecule has 57 heavy (non-hydrogen) atoms. The summed E-state index contributed by atoms with van der Waals surface area (Å²) in [6.07, 6.45) is 1.62. The molecule has 6 aromatic carbocycles. The summed E-state index contributed by atoms with van der Waals surface area (Å²) in [6, 6.07) is 38.8. The van der Waals surface area contributed by atoms with Crippen molar-refractivity contribution in [2.45, 2.75) is 66.2 Å². The molecule has 0 amide bonds. The monoisotopic (exact) mass is 750 g/mol. The van der Waals surface area contributed by atoms with Gasteiger partial charge in [0.2, 0.25) is 0 Å². The first kappa shape index (κ1) is 31.9. The molecule has 2 aromatic heterocycles. The predicted octanol–water partition coefficient (Wildman–Crippen LogP) is 14.1. The fraction of sp³-hybridized carbons (Fsp3) is 0.208. The lowest BCUT2D eigenvalue weighted by Crippen LogP contribution is -2.34.